The first-order valence-electron chi connectivity index (χ1n) is 6.44. The van der Waals surface area contributed by atoms with Crippen LogP contribution in [0.2, 0.25) is 5.02 Å². The van der Waals surface area contributed by atoms with Crippen molar-refractivity contribution >= 4 is 28.8 Å². The maximum absolute atomic E-state index is 12.2. The van der Waals surface area contributed by atoms with E-state index in [-0.39, 0.29) is 5.91 Å². The minimum Gasteiger partial charge on any atom is -0.321 e. The van der Waals surface area contributed by atoms with Crippen molar-refractivity contribution in [1.82, 2.24) is 14.6 Å². The Balaban J connectivity index is 1.90. The van der Waals surface area contributed by atoms with E-state index in [2.05, 4.69) is 15.4 Å². The van der Waals surface area contributed by atoms with Crippen LogP contribution >= 0.6 is 11.6 Å². The molecule has 21 heavy (non-hydrogen) atoms. The molecule has 5 nitrogen and oxygen atoms in total. The largest absolute Gasteiger partial charge is 0.321 e. The van der Waals surface area contributed by atoms with Gasteiger partial charge in [0.1, 0.15) is 5.69 Å². The number of hydrogen-bond acceptors (Lipinski definition) is 3. The molecule has 0 fully saturated rings. The number of benzene rings is 1. The van der Waals surface area contributed by atoms with Crippen molar-refractivity contribution in [2.24, 2.45) is 0 Å². The first-order valence-corrected chi connectivity index (χ1v) is 6.82. The van der Waals surface area contributed by atoms with Gasteiger partial charge >= 0.3 is 0 Å². The number of carbonyl (C=O) groups excluding carboxylic acids is 1. The molecule has 0 aliphatic heterocycles. The van der Waals surface area contributed by atoms with E-state index < -0.39 is 0 Å². The lowest BCUT2D eigenvalue weighted by atomic mass is 10.3. The summed E-state index contributed by atoms with van der Waals surface area (Å²) in [5, 5.41) is 7.73. The van der Waals surface area contributed by atoms with Crippen LogP contribution in [0.5, 0.6) is 0 Å². The van der Waals surface area contributed by atoms with Gasteiger partial charge in [-0.1, -0.05) is 11.6 Å². The second-order valence-corrected chi connectivity index (χ2v) is 5.17. The fraction of sp³-hybridized carbons (Fsp3) is 0.133. The van der Waals surface area contributed by atoms with Crippen molar-refractivity contribution in [2.45, 2.75) is 13.8 Å². The number of fused-ring (bicyclic) bond motifs is 1. The van der Waals surface area contributed by atoms with E-state index in [1.807, 2.05) is 13.8 Å². The van der Waals surface area contributed by atoms with Crippen molar-refractivity contribution in [3.63, 3.8) is 0 Å². The van der Waals surface area contributed by atoms with E-state index in [0.29, 0.717) is 16.4 Å². The molecule has 0 saturated heterocycles. The Morgan fingerprint density at radius 2 is 1.86 bits per heavy atom. The predicted molar refractivity (Wildman–Crippen MR) is 81.9 cm³/mol. The van der Waals surface area contributed by atoms with E-state index in [0.717, 1.165) is 17.0 Å². The van der Waals surface area contributed by atoms with E-state index >= 15 is 0 Å². The average Bonchev–Trinajstić information content (AvgIpc) is 2.76. The summed E-state index contributed by atoms with van der Waals surface area (Å²) in [6, 6.07) is 10.4. The number of nitrogens with one attached hydrogen (secondary N) is 1. The summed E-state index contributed by atoms with van der Waals surface area (Å²) in [5.41, 5.74) is 3.56. The number of nitrogens with zero attached hydrogens (tertiary/aromatic N) is 3. The van der Waals surface area contributed by atoms with Gasteiger partial charge in [0.2, 0.25) is 0 Å². The van der Waals surface area contributed by atoms with Crippen molar-refractivity contribution < 1.29 is 4.79 Å². The number of halogens is 1. The fourth-order valence-corrected chi connectivity index (χ4v) is 2.13. The fourth-order valence-electron chi connectivity index (χ4n) is 2.00. The highest BCUT2D eigenvalue weighted by Crippen LogP contribution is 2.15. The molecule has 0 unspecified atom stereocenters. The Labute approximate surface area is 126 Å². The molecule has 1 N–H and O–H groups in total. The van der Waals surface area contributed by atoms with Crippen LogP contribution in [0.3, 0.4) is 0 Å². The molecule has 1 amide bonds. The molecule has 0 bridgehead atoms. The standard InChI is InChI=1S/C15H13ClN4O/c1-9-10(2)20-14(17-9)8-7-13(19-20)15(21)18-12-5-3-11(16)4-6-12/h3-8H,1-2H3,(H,18,21). The third kappa shape index (κ3) is 2.60. The highest BCUT2D eigenvalue weighted by Gasteiger charge is 2.11. The summed E-state index contributed by atoms with van der Waals surface area (Å²) in [6.45, 7) is 3.83. The molecule has 3 aromatic rings. The van der Waals surface area contributed by atoms with Crippen molar-refractivity contribution in [3.05, 3.63) is 58.5 Å². The van der Waals surface area contributed by atoms with Crippen LogP contribution < -0.4 is 5.32 Å². The van der Waals surface area contributed by atoms with Crippen molar-refractivity contribution in [3.8, 4) is 0 Å². The second kappa shape index (κ2) is 5.18. The molecule has 0 atom stereocenters. The Hall–Kier alpha value is -2.40. The minimum atomic E-state index is -0.273. The van der Waals surface area contributed by atoms with Gasteiger partial charge < -0.3 is 5.32 Å². The highest BCUT2D eigenvalue weighted by molar-refractivity contribution is 6.30. The van der Waals surface area contributed by atoms with Gasteiger partial charge in [-0.3, -0.25) is 4.79 Å². The zero-order valence-electron chi connectivity index (χ0n) is 11.6. The molecule has 0 aliphatic carbocycles. The van der Waals surface area contributed by atoms with E-state index in [9.17, 15) is 4.79 Å². The number of rotatable bonds is 2. The molecule has 0 radical (unpaired) electrons. The number of hydrogen-bond donors (Lipinski definition) is 1. The minimum absolute atomic E-state index is 0.273. The summed E-state index contributed by atoms with van der Waals surface area (Å²) >= 11 is 5.81. The normalized spacial score (nSPS) is 10.8. The molecule has 6 heteroatoms. The van der Waals surface area contributed by atoms with E-state index in [1.54, 1.807) is 40.9 Å². The maximum Gasteiger partial charge on any atom is 0.276 e. The zero-order chi connectivity index (χ0) is 15.0. The number of imidazole rings is 1. The Bertz CT molecular complexity index is 824. The molecule has 2 aromatic heterocycles. The SMILES string of the molecule is Cc1nc2ccc(C(=O)Nc3ccc(Cl)cc3)nn2c1C. The van der Waals surface area contributed by atoms with E-state index in [4.69, 9.17) is 11.6 Å². The van der Waals surface area contributed by atoms with Gasteiger partial charge in [0.15, 0.2) is 5.65 Å². The van der Waals surface area contributed by atoms with Crippen LogP contribution in [-0.2, 0) is 0 Å². The third-order valence-corrected chi connectivity index (χ3v) is 3.53. The van der Waals surface area contributed by atoms with E-state index in [1.165, 1.54) is 0 Å². The summed E-state index contributed by atoms with van der Waals surface area (Å²) in [6.07, 6.45) is 0. The first-order chi connectivity index (χ1) is 10.0. The van der Waals surface area contributed by atoms with Crippen LogP contribution in [0, 0.1) is 13.8 Å². The lowest BCUT2D eigenvalue weighted by molar-refractivity contribution is 0.102. The molecule has 0 spiro atoms. The van der Waals surface area contributed by atoms with Crippen LogP contribution in [-0.4, -0.2) is 20.5 Å². The molecule has 0 aliphatic rings. The molecule has 3 rings (SSSR count). The number of amides is 1. The number of anilines is 1. The van der Waals surface area contributed by atoms with Gasteiger partial charge in [-0.25, -0.2) is 9.50 Å². The summed E-state index contributed by atoms with van der Waals surface area (Å²) in [5.74, 6) is -0.273. The lowest BCUT2D eigenvalue weighted by Crippen LogP contribution is -2.15. The lowest BCUT2D eigenvalue weighted by Gasteiger charge is -2.05. The molecule has 0 saturated carbocycles. The third-order valence-electron chi connectivity index (χ3n) is 3.27. The number of carbonyl (C=O) groups is 1. The Kier molecular flexibility index (Phi) is 3.35. The molecule has 106 valence electrons. The highest BCUT2D eigenvalue weighted by atomic mass is 35.5. The molecule has 1 aromatic carbocycles. The van der Waals surface area contributed by atoms with Crippen molar-refractivity contribution in [2.75, 3.05) is 5.32 Å². The second-order valence-electron chi connectivity index (χ2n) is 4.73. The van der Waals surface area contributed by atoms with Crippen LogP contribution in [0.15, 0.2) is 36.4 Å². The van der Waals surface area contributed by atoms with Crippen LogP contribution in [0.4, 0.5) is 5.69 Å². The molecule has 2 heterocycles. The quantitative estimate of drug-likeness (QED) is 0.790. The van der Waals surface area contributed by atoms with Crippen molar-refractivity contribution in [1.29, 1.82) is 0 Å². The predicted octanol–water partition coefficient (Wildman–Crippen LogP) is 3.25. The maximum atomic E-state index is 12.2. The first kappa shape index (κ1) is 13.6. The van der Waals surface area contributed by atoms with Gasteiger partial charge in [-0.15, -0.1) is 0 Å². The topological polar surface area (TPSA) is 59.3 Å². The van der Waals surface area contributed by atoms with Crippen LogP contribution in [0.25, 0.3) is 5.65 Å². The summed E-state index contributed by atoms with van der Waals surface area (Å²) < 4.78 is 1.67. The van der Waals surface area contributed by atoms with Crippen LogP contribution in [0.1, 0.15) is 21.9 Å². The zero-order valence-corrected chi connectivity index (χ0v) is 12.3. The summed E-state index contributed by atoms with van der Waals surface area (Å²) in [7, 11) is 0. The monoisotopic (exact) mass is 300 g/mol. The molecular weight excluding hydrogens is 288 g/mol. The average molecular weight is 301 g/mol. The Morgan fingerprint density at radius 3 is 2.57 bits per heavy atom. The van der Waals surface area contributed by atoms with Gasteiger partial charge in [0, 0.05) is 10.7 Å². The Morgan fingerprint density at radius 1 is 1.14 bits per heavy atom. The molecular formula is C15H13ClN4O. The smallest absolute Gasteiger partial charge is 0.276 e. The van der Waals surface area contributed by atoms with Gasteiger partial charge in [0.05, 0.1) is 11.4 Å². The number of aryl methyl sites for hydroxylation is 2. The van der Waals surface area contributed by atoms with Gasteiger partial charge in [-0.2, -0.15) is 5.10 Å². The van der Waals surface area contributed by atoms with Gasteiger partial charge in [0.25, 0.3) is 5.91 Å². The summed E-state index contributed by atoms with van der Waals surface area (Å²) in [4.78, 5) is 16.6. The number of aromatic nitrogens is 3. The van der Waals surface area contributed by atoms with Gasteiger partial charge in [-0.05, 0) is 50.2 Å².